The zero-order valence-corrected chi connectivity index (χ0v) is 27.1. The molecule has 0 bridgehead atoms. The number of hydrogen-bond donors (Lipinski definition) is 0. The second kappa shape index (κ2) is 9.84. The van der Waals surface area contributed by atoms with E-state index in [9.17, 15) is 14.4 Å². The Kier molecular flexibility index (Phi) is 7.34. The van der Waals surface area contributed by atoms with Crippen LogP contribution in [0.4, 0.5) is 0 Å². The molecule has 5 aliphatic carbocycles. The lowest BCUT2D eigenvalue weighted by atomic mass is 9.33. The Balaban J connectivity index is 1.56. The van der Waals surface area contributed by atoms with Gasteiger partial charge >= 0.3 is 17.9 Å². The molecule has 5 aliphatic rings. The molecule has 0 aromatic rings. The fraction of sp³-hybridized carbons (Fsp3) is 0.857. The molecule has 230 valence electrons. The summed E-state index contributed by atoms with van der Waals surface area (Å²) in [4.78, 5) is 37.6. The van der Waals surface area contributed by atoms with E-state index < -0.39 is 10.8 Å². The fourth-order valence-corrected chi connectivity index (χ4v) is 11.5. The average Bonchev–Trinajstić information content (AvgIpc) is 2.89. The zero-order chi connectivity index (χ0) is 30.2. The summed E-state index contributed by atoms with van der Waals surface area (Å²) in [7, 11) is 1.56. The molecule has 0 aliphatic heterocycles. The quantitative estimate of drug-likeness (QED) is 0.199. The van der Waals surface area contributed by atoms with E-state index in [4.69, 9.17) is 14.2 Å². The van der Waals surface area contributed by atoms with Gasteiger partial charge < -0.3 is 14.2 Å². The number of methoxy groups -OCH3 is 1. The highest BCUT2D eigenvalue weighted by Crippen LogP contribution is 2.76. The number of ether oxygens (including phenoxy) is 3. The third-order valence-electron chi connectivity index (χ3n) is 13.9. The molecule has 1 unspecified atom stereocenters. The minimum absolute atomic E-state index is 0.00562. The van der Waals surface area contributed by atoms with Crippen molar-refractivity contribution in [3.63, 3.8) is 0 Å². The van der Waals surface area contributed by atoms with Crippen LogP contribution in [0.15, 0.2) is 11.6 Å². The van der Waals surface area contributed by atoms with Crippen LogP contribution < -0.4 is 0 Å². The molecular formula is C35H54O6. The largest absolute Gasteiger partial charge is 0.469 e. The van der Waals surface area contributed by atoms with Crippen LogP contribution in [0.5, 0.6) is 0 Å². The molecule has 0 saturated heterocycles. The Bertz CT molecular complexity index is 1140. The molecule has 41 heavy (non-hydrogen) atoms. The van der Waals surface area contributed by atoms with Gasteiger partial charge in [-0.25, -0.2) is 0 Å². The molecule has 6 nitrogen and oxygen atoms in total. The summed E-state index contributed by atoms with van der Waals surface area (Å²) >= 11 is 0. The van der Waals surface area contributed by atoms with Gasteiger partial charge in [0.05, 0.1) is 12.5 Å². The molecule has 0 aromatic heterocycles. The van der Waals surface area contributed by atoms with E-state index in [-0.39, 0.29) is 64.1 Å². The topological polar surface area (TPSA) is 78.9 Å². The lowest BCUT2D eigenvalue weighted by Crippen LogP contribution is -2.66. The lowest BCUT2D eigenvalue weighted by Gasteiger charge is -2.71. The Hall–Kier alpha value is -1.85. The van der Waals surface area contributed by atoms with Gasteiger partial charge in [-0.05, 0) is 104 Å². The van der Waals surface area contributed by atoms with E-state index in [0.29, 0.717) is 5.92 Å². The molecule has 4 saturated carbocycles. The summed E-state index contributed by atoms with van der Waals surface area (Å²) in [6.45, 7) is 17.7. The monoisotopic (exact) mass is 570 g/mol. The molecule has 0 N–H and O–H groups in total. The summed E-state index contributed by atoms with van der Waals surface area (Å²) in [5.74, 6) is 0.404. The molecule has 6 heteroatoms. The van der Waals surface area contributed by atoms with Crippen LogP contribution in [0.3, 0.4) is 0 Å². The lowest BCUT2D eigenvalue weighted by molar-refractivity contribution is -0.226. The minimum Gasteiger partial charge on any atom is -0.469 e. The van der Waals surface area contributed by atoms with E-state index >= 15 is 0 Å². The van der Waals surface area contributed by atoms with Crippen molar-refractivity contribution in [2.75, 3.05) is 13.7 Å². The van der Waals surface area contributed by atoms with Crippen LogP contribution in [-0.4, -0.2) is 37.7 Å². The minimum atomic E-state index is -0.434. The van der Waals surface area contributed by atoms with Crippen molar-refractivity contribution in [3.8, 4) is 0 Å². The van der Waals surface area contributed by atoms with Gasteiger partial charge in [-0.2, -0.15) is 0 Å². The number of hydrogen-bond acceptors (Lipinski definition) is 6. The van der Waals surface area contributed by atoms with E-state index in [0.717, 1.165) is 64.2 Å². The maximum atomic E-state index is 13.5. The first-order valence-corrected chi connectivity index (χ1v) is 16.1. The Morgan fingerprint density at radius 3 is 2.17 bits per heavy atom. The van der Waals surface area contributed by atoms with Crippen molar-refractivity contribution >= 4 is 17.9 Å². The van der Waals surface area contributed by atoms with E-state index in [2.05, 4.69) is 47.6 Å². The van der Waals surface area contributed by atoms with Gasteiger partial charge in [0, 0.05) is 19.3 Å². The second-order valence-electron chi connectivity index (χ2n) is 16.3. The van der Waals surface area contributed by atoms with Crippen molar-refractivity contribution in [2.24, 2.45) is 50.2 Å². The number of allylic oxidation sites excluding steroid dienone is 2. The molecule has 0 amide bonds. The van der Waals surface area contributed by atoms with E-state index in [1.807, 2.05) is 0 Å². The van der Waals surface area contributed by atoms with Gasteiger partial charge in [-0.3, -0.25) is 14.4 Å². The first-order chi connectivity index (χ1) is 19.0. The SMILES string of the molecule is COC(=O)[C@]12CCC(C)(C)C[C@H]1C1=CC[C@@H]3[C@@]4(C)CCC(OC(C)=O)[C@@](C)(COC(C)=O)[C@@H]4CC[C@@]3(C)[C@]1(C)CC2. The number of carbonyl (C=O) groups is 3. The van der Waals surface area contributed by atoms with Crippen molar-refractivity contribution in [3.05, 3.63) is 11.6 Å². The van der Waals surface area contributed by atoms with Gasteiger partial charge in [0.2, 0.25) is 0 Å². The highest BCUT2D eigenvalue weighted by molar-refractivity contribution is 5.78. The third-order valence-corrected chi connectivity index (χ3v) is 13.9. The van der Waals surface area contributed by atoms with Gasteiger partial charge in [0.25, 0.3) is 0 Å². The molecule has 0 radical (unpaired) electrons. The molecule has 0 aromatic carbocycles. The fourth-order valence-electron chi connectivity index (χ4n) is 11.5. The first kappa shape index (κ1) is 30.6. The highest BCUT2D eigenvalue weighted by Gasteiger charge is 2.70. The number of carbonyl (C=O) groups excluding carboxylic acids is 3. The predicted molar refractivity (Wildman–Crippen MR) is 158 cm³/mol. The van der Waals surface area contributed by atoms with Crippen LogP contribution in [-0.2, 0) is 28.6 Å². The molecule has 9 atom stereocenters. The normalized spacial score (nSPS) is 46.4. The summed E-state index contributed by atoms with van der Waals surface area (Å²) < 4.78 is 17.1. The van der Waals surface area contributed by atoms with Crippen molar-refractivity contribution in [1.82, 2.24) is 0 Å². The van der Waals surface area contributed by atoms with Crippen molar-refractivity contribution in [1.29, 1.82) is 0 Å². The molecule has 4 fully saturated rings. The molecule has 0 spiro atoms. The van der Waals surface area contributed by atoms with E-state index in [1.165, 1.54) is 19.4 Å². The number of fused-ring (bicyclic) bond motifs is 7. The van der Waals surface area contributed by atoms with Gasteiger partial charge in [0.1, 0.15) is 12.7 Å². The number of rotatable bonds is 4. The number of esters is 3. The van der Waals surface area contributed by atoms with Crippen LogP contribution in [0.2, 0.25) is 0 Å². The summed E-state index contributed by atoms with van der Waals surface area (Å²) in [5.41, 5.74) is 1.02. The third kappa shape index (κ3) is 4.34. The zero-order valence-electron chi connectivity index (χ0n) is 27.1. The Morgan fingerprint density at radius 1 is 0.854 bits per heavy atom. The van der Waals surface area contributed by atoms with Crippen LogP contribution in [0, 0.1) is 50.2 Å². The van der Waals surface area contributed by atoms with Gasteiger partial charge in [-0.1, -0.05) is 53.2 Å². The van der Waals surface area contributed by atoms with E-state index in [1.54, 1.807) is 7.11 Å². The van der Waals surface area contributed by atoms with Crippen LogP contribution in [0.1, 0.15) is 120 Å². The predicted octanol–water partition coefficient (Wildman–Crippen LogP) is 7.44. The average molecular weight is 571 g/mol. The smallest absolute Gasteiger partial charge is 0.312 e. The first-order valence-electron chi connectivity index (χ1n) is 16.1. The standard InChI is InChI=1S/C35H54O6/c1-22(36)40-21-32(6)26-12-15-34(8)27(31(26,5)14-13-28(32)41-23(2)37)11-10-24-25-20-30(3,4)16-18-35(25,29(38)39-9)19-17-33(24,34)7/h10,25-28H,11-21H2,1-9H3/t25-,26+,27+,28?,31-,32-,33+,34+,35-/m0/s1. The molecule has 0 heterocycles. The van der Waals surface area contributed by atoms with Gasteiger partial charge in [-0.15, -0.1) is 0 Å². The maximum Gasteiger partial charge on any atom is 0.312 e. The summed E-state index contributed by atoms with van der Waals surface area (Å²) in [5, 5.41) is 0. The molecule has 5 rings (SSSR count). The van der Waals surface area contributed by atoms with Crippen LogP contribution >= 0.6 is 0 Å². The molecular weight excluding hydrogens is 516 g/mol. The van der Waals surface area contributed by atoms with Crippen molar-refractivity contribution in [2.45, 2.75) is 126 Å². The Morgan fingerprint density at radius 2 is 1.54 bits per heavy atom. The summed E-state index contributed by atoms with van der Waals surface area (Å²) in [6.07, 6.45) is 12.1. The van der Waals surface area contributed by atoms with Gasteiger partial charge in [0.15, 0.2) is 0 Å². The summed E-state index contributed by atoms with van der Waals surface area (Å²) in [6, 6.07) is 0. The maximum absolute atomic E-state index is 13.5. The van der Waals surface area contributed by atoms with Crippen molar-refractivity contribution < 1.29 is 28.6 Å². The Labute approximate surface area is 247 Å². The van der Waals surface area contributed by atoms with Crippen LogP contribution in [0.25, 0.3) is 0 Å². The highest BCUT2D eigenvalue weighted by atomic mass is 16.6. The second-order valence-corrected chi connectivity index (χ2v) is 16.3.